The number of nitrogens with zero attached hydrogens (tertiary/aromatic N) is 1. The maximum atomic E-state index is 10.4. The Kier molecular flexibility index (Phi) is 4.89. The van der Waals surface area contributed by atoms with Gasteiger partial charge in [-0.2, -0.15) is 0 Å². The summed E-state index contributed by atoms with van der Waals surface area (Å²) in [6.07, 6.45) is 2.76. The van der Waals surface area contributed by atoms with E-state index < -0.39 is 0 Å². The van der Waals surface area contributed by atoms with Crippen LogP contribution in [0, 0.1) is 27.7 Å². The van der Waals surface area contributed by atoms with Gasteiger partial charge in [-0.1, -0.05) is 18.2 Å². The quantitative estimate of drug-likeness (QED) is 0.595. The van der Waals surface area contributed by atoms with Crippen molar-refractivity contribution in [1.29, 1.82) is 0 Å². The van der Waals surface area contributed by atoms with Crippen LogP contribution in [0.1, 0.15) is 47.6 Å². The van der Waals surface area contributed by atoms with Crippen molar-refractivity contribution >= 4 is 16.7 Å². The summed E-state index contributed by atoms with van der Waals surface area (Å²) in [5.41, 5.74) is 6.10. The molecule has 1 aromatic heterocycles. The highest BCUT2D eigenvalue weighted by atomic mass is 16.5. The number of hydrogen-bond acceptors (Lipinski definition) is 4. The molecule has 1 unspecified atom stereocenters. The van der Waals surface area contributed by atoms with Crippen LogP contribution in [0.3, 0.4) is 0 Å². The number of aryl methyl sites for hydroxylation is 1. The van der Waals surface area contributed by atoms with Crippen LogP contribution < -0.4 is 10.1 Å². The Morgan fingerprint density at radius 1 is 1.10 bits per heavy atom. The Balaban J connectivity index is 1.49. The largest absolute Gasteiger partial charge is 0.507 e. The first-order valence-electron chi connectivity index (χ1n) is 10.4. The predicted molar refractivity (Wildman–Crippen MR) is 119 cm³/mol. The first-order valence-corrected chi connectivity index (χ1v) is 10.4. The van der Waals surface area contributed by atoms with E-state index in [0.29, 0.717) is 5.75 Å². The topological polar surface area (TPSA) is 54.4 Å². The van der Waals surface area contributed by atoms with Crippen LogP contribution in [0.2, 0.25) is 0 Å². The number of fused-ring (bicyclic) bond motifs is 2. The second-order valence-electron chi connectivity index (χ2n) is 8.60. The number of rotatable bonds is 4. The van der Waals surface area contributed by atoms with Gasteiger partial charge in [0.2, 0.25) is 0 Å². The molecule has 4 heteroatoms. The number of anilines is 1. The summed E-state index contributed by atoms with van der Waals surface area (Å²) in [5, 5.41) is 15.1. The Hall–Kier alpha value is -2.75. The standard InChI is InChI=1S/C25H30N2O2/c1-15-14-22(27-21-9-7-6-8-19(15)21)26-13-12-25(5)11-10-20-18(4)23(28)16(2)17(3)24(20)29-25/h6-9,14,28H,10-13H2,1-5H3,(H,26,27). The third-order valence-electron chi connectivity index (χ3n) is 6.48. The van der Waals surface area contributed by atoms with E-state index in [9.17, 15) is 5.11 Å². The molecule has 4 nitrogen and oxygen atoms in total. The molecule has 2 N–H and O–H groups in total. The monoisotopic (exact) mass is 390 g/mol. The Bertz CT molecular complexity index is 1090. The number of aromatic nitrogens is 1. The SMILES string of the molecule is Cc1c(C)c2c(c(C)c1O)CCC(C)(CCNc1cc(C)c3ccccc3n1)O2. The summed E-state index contributed by atoms with van der Waals surface area (Å²) >= 11 is 0. The first-order chi connectivity index (χ1) is 13.8. The van der Waals surface area contributed by atoms with Crippen molar-refractivity contribution in [1.82, 2.24) is 4.98 Å². The van der Waals surface area contributed by atoms with E-state index >= 15 is 0 Å². The van der Waals surface area contributed by atoms with Crippen molar-refractivity contribution in [2.45, 2.75) is 59.5 Å². The maximum Gasteiger partial charge on any atom is 0.127 e. The minimum atomic E-state index is -0.230. The van der Waals surface area contributed by atoms with Crippen molar-refractivity contribution in [2.75, 3.05) is 11.9 Å². The van der Waals surface area contributed by atoms with Gasteiger partial charge in [-0.3, -0.25) is 0 Å². The molecule has 0 spiro atoms. The fourth-order valence-corrected chi connectivity index (χ4v) is 4.37. The number of phenolic OH excluding ortho intramolecular Hbond substituents is 1. The molecule has 0 amide bonds. The van der Waals surface area contributed by atoms with Crippen LogP contribution in [0.4, 0.5) is 5.82 Å². The molecule has 0 saturated carbocycles. The lowest BCUT2D eigenvalue weighted by Gasteiger charge is -2.38. The highest BCUT2D eigenvalue weighted by Gasteiger charge is 2.34. The van der Waals surface area contributed by atoms with Gasteiger partial charge in [0.05, 0.1) is 5.52 Å². The van der Waals surface area contributed by atoms with Gasteiger partial charge < -0.3 is 15.2 Å². The van der Waals surface area contributed by atoms with Crippen LogP contribution in [0.5, 0.6) is 11.5 Å². The van der Waals surface area contributed by atoms with E-state index in [2.05, 4.69) is 37.4 Å². The van der Waals surface area contributed by atoms with Crippen molar-refractivity contribution < 1.29 is 9.84 Å². The van der Waals surface area contributed by atoms with Crippen LogP contribution >= 0.6 is 0 Å². The number of nitrogens with one attached hydrogen (secondary N) is 1. The summed E-state index contributed by atoms with van der Waals surface area (Å²) in [6.45, 7) is 11.1. The van der Waals surface area contributed by atoms with Crippen LogP contribution in [-0.4, -0.2) is 22.2 Å². The van der Waals surface area contributed by atoms with E-state index in [1.54, 1.807) is 0 Å². The van der Waals surface area contributed by atoms with E-state index in [1.165, 1.54) is 10.9 Å². The van der Waals surface area contributed by atoms with Crippen molar-refractivity contribution in [3.8, 4) is 11.5 Å². The van der Waals surface area contributed by atoms with E-state index in [4.69, 9.17) is 9.72 Å². The molecule has 2 aromatic carbocycles. The molecule has 4 rings (SSSR count). The van der Waals surface area contributed by atoms with Gasteiger partial charge in [0.1, 0.15) is 22.9 Å². The van der Waals surface area contributed by atoms with Gasteiger partial charge >= 0.3 is 0 Å². The fourth-order valence-electron chi connectivity index (χ4n) is 4.37. The van der Waals surface area contributed by atoms with Crippen LogP contribution in [0.25, 0.3) is 10.9 Å². The molecular weight excluding hydrogens is 360 g/mol. The van der Waals surface area contributed by atoms with E-state index in [-0.39, 0.29) is 5.60 Å². The molecular formula is C25H30N2O2. The lowest BCUT2D eigenvalue weighted by atomic mass is 9.85. The first kappa shape index (κ1) is 19.6. The minimum absolute atomic E-state index is 0.230. The number of pyridine rings is 1. The van der Waals surface area contributed by atoms with E-state index in [0.717, 1.165) is 65.1 Å². The zero-order chi connectivity index (χ0) is 20.8. The zero-order valence-corrected chi connectivity index (χ0v) is 18.0. The highest BCUT2D eigenvalue weighted by molar-refractivity contribution is 5.83. The second-order valence-corrected chi connectivity index (χ2v) is 8.60. The lowest BCUT2D eigenvalue weighted by Crippen LogP contribution is -2.38. The molecule has 152 valence electrons. The highest BCUT2D eigenvalue weighted by Crippen LogP contribution is 2.44. The van der Waals surface area contributed by atoms with E-state index in [1.807, 2.05) is 32.9 Å². The maximum absolute atomic E-state index is 10.4. The average Bonchev–Trinajstić information content (AvgIpc) is 2.70. The van der Waals surface area contributed by atoms with Gasteiger partial charge in [-0.05, 0) is 81.8 Å². The van der Waals surface area contributed by atoms with Crippen LogP contribution in [0.15, 0.2) is 30.3 Å². The molecule has 1 aliphatic heterocycles. The normalized spacial score (nSPS) is 18.4. The zero-order valence-electron chi connectivity index (χ0n) is 18.0. The van der Waals surface area contributed by atoms with Gasteiger partial charge in [-0.25, -0.2) is 4.98 Å². The summed E-state index contributed by atoms with van der Waals surface area (Å²) in [4.78, 5) is 4.74. The molecule has 2 heterocycles. The second kappa shape index (κ2) is 7.25. The van der Waals surface area contributed by atoms with Gasteiger partial charge in [-0.15, -0.1) is 0 Å². The fraction of sp³-hybridized carbons (Fsp3) is 0.400. The van der Waals surface area contributed by atoms with Crippen molar-refractivity contribution in [3.05, 3.63) is 58.1 Å². The minimum Gasteiger partial charge on any atom is -0.507 e. The molecule has 1 aliphatic rings. The molecule has 1 atom stereocenters. The number of phenols is 1. The third kappa shape index (κ3) is 3.52. The molecule has 3 aromatic rings. The summed E-state index contributed by atoms with van der Waals surface area (Å²) < 4.78 is 6.53. The molecule has 0 saturated heterocycles. The molecule has 0 radical (unpaired) electrons. The molecule has 29 heavy (non-hydrogen) atoms. The lowest BCUT2D eigenvalue weighted by molar-refractivity contribution is 0.0584. The summed E-state index contributed by atoms with van der Waals surface area (Å²) in [7, 11) is 0. The third-order valence-corrected chi connectivity index (χ3v) is 6.48. The Morgan fingerprint density at radius 2 is 1.86 bits per heavy atom. The Labute approximate surface area is 172 Å². The number of hydrogen-bond donors (Lipinski definition) is 2. The summed E-state index contributed by atoms with van der Waals surface area (Å²) in [6, 6.07) is 10.4. The van der Waals surface area contributed by atoms with Gasteiger partial charge in [0.15, 0.2) is 0 Å². The van der Waals surface area contributed by atoms with Crippen LogP contribution in [-0.2, 0) is 6.42 Å². The average molecular weight is 391 g/mol. The number of para-hydroxylation sites is 1. The molecule has 0 aliphatic carbocycles. The summed E-state index contributed by atoms with van der Waals surface area (Å²) in [5.74, 6) is 2.29. The number of ether oxygens (including phenoxy) is 1. The molecule has 0 fully saturated rings. The number of aromatic hydroxyl groups is 1. The van der Waals surface area contributed by atoms with Crippen molar-refractivity contribution in [3.63, 3.8) is 0 Å². The Morgan fingerprint density at radius 3 is 2.66 bits per heavy atom. The predicted octanol–water partition coefficient (Wildman–Crippen LogP) is 5.76. The van der Waals surface area contributed by atoms with Crippen molar-refractivity contribution in [2.24, 2.45) is 0 Å². The smallest absolute Gasteiger partial charge is 0.127 e. The molecule has 0 bridgehead atoms. The number of benzene rings is 2. The van der Waals surface area contributed by atoms with Gasteiger partial charge in [0, 0.05) is 23.9 Å². The van der Waals surface area contributed by atoms with Gasteiger partial charge in [0.25, 0.3) is 0 Å².